The van der Waals surface area contributed by atoms with Gasteiger partial charge in [0.05, 0.1) is 0 Å². The Labute approximate surface area is 107 Å². The number of nitrogens with one attached hydrogen (secondary N) is 1. The van der Waals surface area contributed by atoms with E-state index < -0.39 is 0 Å². The van der Waals surface area contributed by atoms with Gasteiger partial charge in [-0.05, 0) is 36.2 Å². The first-order chi connectivity index (χ1) is 9.15. The summed E-state index contributed by atoms with van der Waals surface area (Å²) in [6.45, 7) is 0.485. The molecular formula is C13H10FN3O2. The number of fused-ring (bicyclic) bond motifs is 1. The first-order valence-corrected chi connectivity index (χ1v) is 5.81. The number of H-pyrrole nitrogens is 1. The zero-order chi connectivity index (χ0) is 13.4. The van der Waals surface area contributed by atoms with Gasteiger partial charge in [0.2, 0.25) is 0 Å². The highest BCUT2D eigenvalue weighted by atomic mass is 19.1. The van der Waals surface area contributed by atoms with E-state index in [1.54, 1.807) is 6.07 Å². The summed E-state index contributed by atoms with van der Waals surface area (Å²) in [5.74, 6) is -0.614. The summed E-state index contributed by atoms with van der Waals surface area (Å²) < 4.78 is 13.1. The lowest BCUT2D eigenvalue weighted by Crippen LogP contribution is -2.30. The maximum atomic E-state index is 13.1. The Balaban J connectivity index is 1.95. The van der Waals surface area contributed by atoms with Crippen molar-refractivity contribution in [1.82, 2.24) is 10.2 Å². The van der Waals surface area contributed by atoms with Crippen molar-refractivity contribution in [1.29, 1.82) is 0 Å². The molecule has 3 rings (SSSR count). The van der Waals surface area contributed by atoms with E-state index in [4.69, 9.17) is 0 Å². The molecule has 1 N–H and O–H groups in total. The third-order valence-electron chi connectivity index (χ3n) is 3.08. The highest BCUT2D eigenvalue weighted by Gasteiger charge is 2.26. The predicted octanol–water partition coefficient (Wildman–Crippen LogP) is 1.11. The van der Waals surface area contributed by atoms with Crippen LogP contribution in [0.1, 0.15) is 16.1 Å². The van der Waals surface area contributed by atoms with E-state index in [0.717, 1.165) is 5.56 Å². The fraction of sp³-hybridized carbons (Fsp3) is 0.154. The number of carbonyl (C=O) groups is 1. The zero-order valence-electron chi connectivity index (χ0n) is 9.89. The van der Waals surface area contributed by atoms with Crippen molar-refractivity contribution >= 4 is 11.6 Å². The van der Waals surface area contributed by atoms with Crippen LogP contribution in [0.15, 0.2) is 35.1 Å². The van der Waals surface area contributed by atoms with Crippen molar-refractivity contribution in [3.8, 4) is 0 Å². The molecule has 96 valence electrons. The molecule has 5 nitrogen and oxygen atoms in total. The fourth-order valence-corrected chi connectivity index (χ4v) is 2.18. The topological polar surface area (TPSA) is 66.1 Å². The molecule has 0 saturated carbocycles. The van der Waals surface area contributed by atoms with Gasteiger partial charge in [-0.1, -0.05) is 0 Å². The number of amides is 1. The molecule has 0 radical (unpaired) electrons. The van der Waals surface area contributed by atoms with E-state index in [1.807, 2.05) is 0 Å². The van der Waals surface area contributed by atoms with Gasteiger partial charge in [-0.25, -0.2) is 9.49 Å². The number of anilines is 1. The van der Waals surface area contributed by atoms with Crippen LogP contribution in [0.3, 0.4) is 0 Å². The fourth-order valence-electron chi connectivity index (χ4n) is 2.18. The van der Waals surface area contributed by atoms with E-state index >= 15 is 0 Å². The summed E-state index contributed by atoms with van der Waals surface area (Å²) in [4.78, 5) is 24.7. The van der Waals surface area contributed by atoms with Crippen LogP contribution in [0, 0.1) is 5.82 Å². The standard InChI is InChI=1S/C13H10FN3O2/c14-9-1-3-11-8(7-9)5-6-17(11)13(19)10-2-4-12(18)16-15-10/h1-4,7H,5-6H2,(H,16,18). The first-order valence-electron chi connectivity index (χ1n) is 5.81. The molecule has 19 heavy (non-hydrogen) atoms. The number of rotatable bonds is 1. The van der Waals surface area contributed by atoms with Gasteiger partial charge in [0.1, 0.15) is 11.5 Å². The minimum atomic E-state index is -0.361. The minimum Gasteiger partial charge on any atom is -0.306 e. The molecule has 0 bridgehead atoms. The number of halogens is 1. The van der Waals surface area contributed by atoms with Gasteiger partial charge in [-0.2, -0.15) is 5.10 Å². The van der Waals surface area contributed by atoms with Crippen LogP contribution < -0.4 is 10.5 Å². The average molecular weight is 259 g/mol. The lowest BCUT2D eigenvalue weighted by Gasteiger charge is -2.16. The van der Waals surface area contributed by atoms with Gasteiger partial charge in [-0.15, -0.1) is 0 Å². The predicted molar refractivity (Wildman–Crippen MR) is 66.6 cm³/mol. The number of aromatic nitrogens is 2. The Morgan fingerprint density at radius 2 is 2.16 bits per heavy atom. The lowest BCUT2D eigenvalue weighted by atomic mass is 10.1. The number of aromatic amines is 1. The molecule has 2 aromatic rings. The van der Waals surface area contributed by atoms with E-state index in [9.17, 15) is 14.0 Å². The summed E-state index contributed by atoms with van der Waals surface area (Å²) in [6, 6.07) is 6.97. The highest BCUT2D eigenvalue weighted by Crippen LogP contribution is 2.29. The number of nitrogens with zero attached hydrogens (tertiary/aromatic N) is 2. The van der Waals surface area contributed by atoms with E-state index in [1.165, 1.54) is 29.2 Å². The number of hydrogen-bond donors (Lipinski definition) is 1. The van der Waals surface area contributed by atoms with E-state index in [0.29, 0.717) is 18.7 Å². The van der Waals surface area contributed by atoms with Crippen molar-refractivity contribution in [3.63, 3.8) is 0 Å². The second kappa shape index (κ2) is 4.31. The lowest BCUT2D eigenvalue weighted by molar-refractivity contribution is 0.0983. The maximum Gasteiger partial charge on any atom is 0.278 e. The van der Waals surface area contributed by atoms with Gasteiger partial charge in [0.15, 0.2) is 0 Å². The highest BCUT2D eigenvalue weighted by molar-refractivity contribution is 6.05. The Bertz CT molecular complexity index is 691. The van der Waals surface area contributed by atoms with Crippen LogP contribution in [-0.2, 0) is 6.42 Å². The molecule has 0 atom stereocenters. The van der Waals surface area contributed by atoms with E-state index in [-0.39, 0.29) is 23.0 Å². The van der Waals surface area contributed by atoms with Gasteiger partial charge >= 0.3 is 0 Å². The summed E-state index contributed by atoms with van der Waals surface area (Å²) in [5, 5.41) is 5.93. The van der Waals surface area contributed by atoms with Crippen LogP contribution in [0.4, 0.5) is 10.1 Å². The Morgan fingerprint density at radius 1 is 1.32 bits per heavy atom. The number of benzene rings is 1. The molecule has 1 aliphatic rings. The molecule has 1 aromatic carbocycles. The largest absolute Gasteiger partial charge is 0.306 e. The SMILES string of the molecule is O=C(c1ccc(=O)[nH]n1)N1CCc2cc(F)ccc21. The van der Waals surface area contributed by atoms with Crippen LogP contribution in [0.25, 0.3) is 0 Å². The molecule has 1 aromatic heterocycles. The average Bonchev–Trinajstić information content (AvgIpc) is 2.81. The van der Waals surface area contributed by atoms with Crippen LogP contribution >= 0.6 is 0 Å². The normalized spacial score (nSPS) is 13.4. The molecular weight excluding hydrogens is 249 g/mol. The third-order valence-corrected chi connectivity index (χ3v) is 3.08. The second-order valence-electron chi connectivity index (χ2n) is 4.29. The van der Waals surface area contributed by atoms with Gasteiger partial charge in [0, 0.05) is 18.3 Å². The van der Waals surface area contributed by atoms with Crippen LogP contribution in [0.2, 0.25) is 0 Å². The molecule has 1 amide bonds. The molecule has 2 heterocycles. The molecule has 0 unspecified atom stereocenters. The van der Waals surface area contributed by atoms with Crippen molar-refractivity contribution in [2.75, 3.05) is 11.4 Å². The van der Waals surface area contributed by atoms with Gasteiger partial charge in [0.25, 0.3) is 11.5 Å². The van der Waals surface area contributed by atoms with Crippen molar-refractivity contribution < 1.29 is 9.18 Å². The monoisotopic (exact) mass is 259 g/mol. The van der Waals surface area contributed by atoms with Crippen LogP contribution in [0.5, 0.6) is 0 Å². The smallest absolute Gasteiger partial charge is 0.278 e. The maximum absolute atomic E-state index is 13.1. The first kappa shape index (κ1) is 11.6. The summed E-state index contributed by atoms with van der Waals surface area (Å²) >= 11 is 0. The molecule has 6 heteroatoms. The minimum absolute atomic E-state index is 0.164. The van der Waals surface area contributed by atoms with E-state index in [2.05, 4.69) is 10.2 Å². The van der Waals surface area contributed by atoms with Crippen LogP contribution in [-0.4, -0.2) is 22.6 Å². The van der Waals surface area contributed by atoms with Gasteiger partial charge < -0.3 is 4.90 Å². The van der Waals surface area contributed by atoms with Crippen molar-refractivity contribution in [3.05, 3.63) is 57.8 Å². The van der Waals surface area contributed by atoms with Gasteiger partial charge in [-0.3, -0.25) is 9.59 Å². The molecule has 1 aliphatic heterocycles. The molecule has 0 spiro atoms. The number of hydrogen-bond acceptors (Lipinski definition) is 3. The molecule has 0 aliphatic carbocycles. The summed E-state index contributed by atoms with van der Waals surface area (Å²) in [7, 11) is 0. The quantitative estimate of drug-likeness (QED) is 0.834. The summed E-state index contributed by atoms with van der Waals surface area (Å²) in [5.41, 5.74) is 1.30. The third kappa shape index (κ3) is 2.01. The molecule has 0 fully saturated rings. The van der Waals surface area contributed by atoms with Crippen molar-refractivity contribution in [2.45, 2.75) is 6.42 Å². The second-order valence-corrected chi connectivity index (χ2v) is 4.29. The Kier molecular flexibility index (Phi) is 2.63. The van der Waals surface area contributed by atoms with Crippen molar-refractivity contribution in [2.24, 2.45) is 0 Å². The summed E-state index contributed by atoms with van der Waals surface area (Å²) in [6.07, 6.45) is 0.613. The Morgan fingerprint density at radius 3 is 2.89 bits per heavy atom. The molecule has 0 saturated heterocycles. The zero-order valence-corrected chi connectivity index (χ0v) is 9.89. The Hall–Kier alpha value is -2.50. The number of carbonyl (C=O) groups excluding carboxylic acids is 1.